The zero-order chi connectivity index (χ0) is 17.2. The second-order valence-corrected chi connectivity index (χ2v) is 7.90. The van der Waals surface area contributed by atoms with Gasteiger partial charge in [0.15, 0.2) is 5.13 Å². The highest BCUT2D eigenvalue weighted by molar-refractivity contribution is 7.15. The highest BCUT2D eigenvalue weighted by Gasteiger charge is 2.17. The van der Waals surface area contributed by atoms with Crippen LogP contribution in [-0.2, 0) is 37.0 Å². The predicted octanol–water partition coefficient (Wildman–Crippen LogP) is 2.49. The summed E-state index contributed by atoms with van der Waals surface area (Å²) in [7, 11) is 0. The minimum Gasteiger partial charge on any atom is -0.300 e. The lowest BCUT2D eigenvalue weighted by molar-refractivity contribution is -0.117. The number of thiazole rings is 1. The van der Waals surface area contributed by atoms with E-state index in [2.05, 4.69) is 15.4 Å². The first-order valence-corrected chi connectivity index (χ1v) is 9.89. The highest BCUT2D eigenvalue weighted by atomic mass is 32.1. The van der Waals surface area contributed by atoms with Gasteiger partial charge in [0.05, 0.1) is 11.4 Å². The summed E-state index contributed by atoms with van der Waals surface area (Å²) < 4.78 is 1.28. The van der Waals surface area contributed by atoms with Crippen LogP contribution in [0.2, 0.25) is 0 Å². The minimum atomic E-state index is -0.241. The monoisotopic (exact) mass is 358 g/mol. The molecular weight excluding hydrogens is 336 g/mol. The Morgan fingerprint density at radius 1 is 1.08 bits per heavy atom. The van der Waals surface area contributed by atoms with Crippen LogP contribution < -0.4 is 10.9 Å². The van der Waals surface area contributed by atoms with Crippen molar-refractivity contribution in [2.75, 3.05) is 5.32 Å². The first-order valence-electron chi connectivity index (χ1n) is 9.07. The maximum absolute atomic E-state index is 12.3. The van der Waals surface area contributed by atoms with Crippen LogP contribution in [0.15, 0.2) is 10.9 Å². The lowest BCUT2D eigenvalue weighted by atomic mass is 9.97. The van der Waals surface area contributed by atoms with Crippen LogP contribution in [0, 0.1) is 0 Å². The molecule has 0 fully saturated rings. The molecule has 0 bridgehead atoms. The molecule has 6 nitrogen and oxygen atoms in total. The number of nitrogens with zero attached hydrogens (tertiary/aromatic N) is 3. The van der Waals surface area contributed by atoms with Crippen LogP contribution >= 0.6 is 11.3 Å². The summed E-state index contributed by atoms with van der Waals surface area (Å²) in [4.78, 5) is 30.4. The van der Waals surface area contributed by atoms with E-state index >= 15 is 0 Å². The fraction of sp³-hybridized carbons (Fsp3) is 0.556. The summed E-state index contributed by atoms with van der Waals surface area (Å²) in [6.45, 7) is -0.0592. The summed E-state index contributed by atoms with van der Waals surface area (Å²) in [5, 5.41) is 7.88. The van der Waals surface area contributed by atoms with E-state index in [1.807, 2.05) is 0 Å². The number of fused-ring (bicyclic) bond motifs is 2. The third-order valence-corrected chi connectivity index (χ3v) is 5.98. The fourth-order valence-electron chi connectivity index (χ4n) is 3.59. The molecule has 2 aliphatic rings. The third-order valence-electron chi connectivity index (χ3n) is 4.91. The van der Waals surface area contributed by atoms with E-state index in [0.29, 0.717) is 5.13 Å². The fourth-order valence-corrected chi connectivity index (χ4v) is 4.66. The Kier molecular flexibility index (Phi) is 4.65. The van der Waals surface area contributed by atoms with Crippen molar-refractivity contribution < 1.29 is 4.79 Å². The molecule has 132 valence electrons. The Balaban J connectivity index is 1.46. The topological polar surface area (TPSA) is 76.9 Å². The molecule has 1 N–H and O–H groups in total. The van der Waals surface area contributed by atoms with Gasteiger partial charge < -0.3 is 5.32 Å². The smallest absolute Gasteiger partial charge is 0.267 e. The Morgan fingerprint density at radius 3 is 2.76 bits per heavy atom. The molecule has 25 heavy (non-hydrogen) atoms. The van der Waals surface area contributed by atoms with Gasteiger partial charge in [-0.1, -0.05) is 6.42 Å². The Morgan fingerprint density at radius 2 is 1.84 bits per heavy atom. The lowest BCUT2D eigenvalue weighted by Crippen LogP contribution is -2.31. The largest absolute Gasteiger partial charge is 0.300 e. The molecule has 0 radical (unpaired) electrons. The molecule has 0 saturated heterocycles. The van der Waals surface area contributed by atoms with Crippen molar-refractivity contribution in [1.82, 2.24) is 14.8 Å². The van der Waals surface area contributed by atoms with E-state index in [4.69, 9.17) is 0 Å². The minimum absolute atomic E-state index is 0.0592. The number of aromatic nitrogens is 3. The molecule has 2 heterocycles. The molecule has 0 saturated carbocycles. The van der Waals surface area contributed by atoms with Crippen LogP contribution in [-0.4, -0.2) is 20.7 Å². The second kappa shape index (κ2) is 7.07. The van der Waals surface area contributed by atoms with Crippen LogP contribution in [0.3, 0.4) is 0 Å². The average molecular weight is 358 g/mol. The van der Waals surface area contributed by atoms with Crippen molar-refractivity contribution in [3.63, 3.8) is 0 Å². The van der Waals surface area contributed by atoms with Gasteiger partial charge in [0.2, 0.25) is 5.91 Å². The van der Waals surface area contributed by atoms with Crippen LogP contribution in [0.5, 0.6) is 0 Å². The summed E-state index contributed by atoms with van der Waals surface area (Å²) in [5.41, 5.74) is 2.92. The molecule has 0 unspecified atom stereocenters. The number of hydrogen-bond donors (Lipinski definition) is 1. The Labute approximate surface area is 150 Å². The second-order valence-electron chi connectivity index (χ2n) is 6.82. The molecule has 7 heteroatoms. The van der Waals surface area contributed by atoms with E-state index in [1.54, 1.807) is 17.4 Å². The summed E-state index contributed by atoms with van der Waals surface area (Å²) in [6, 6.07) is 1.64. The van der Waals surface area contributed by atoms with Gasteiger partial charge in [-0.2, -0.15) is 5.10 Å². The number of amides is 1. The van der Waals surface area contributed by atoms with Gasteiger partial charge in [-0.3, -0.25) is 9.59 Å². The molecule has 0 spiro atoms. The van der Waals surface area contributed by atoms with Crippen molar-refractivity contribution >= 4 is 22.4 Å². The zero-order valence-electron chi connectivity index (χ0n) is 14.2. The molecular formula is C18H22N4O2S. The van der Waals surface area contributed by atoms with E-state index in [1.165, 1.54) is 28.8 Å². The Hall–Kier alpha value is -2.02. The van der Waals surface area contributed by atoms with Gasteiger partial charge in [-0.15, -0.1) is 11.3 Å². The van der Waals surface area contributed by atoms with Gasteiger partial charge in [0.25, 0.3) is 5.56 Å². The average Bonchev–Trinajstić information content (AvgIpc) is 2.83. The normalized spacial score (nSPS) is 16.6. The van der Waals surface area contributed by atoms with E-state index < -0.39 is 0 Å². The number of carbonyl (C=O) groups excluding carboxylic acids is 1. The molecule has 0 atom stereocenters. The first kappa shape index (κ1) is 16.4. The van der Waals surface area contributed by atoms with Crippen LogP contribution in [0.1, 0.15) is 53.9 Å². The molecule has 4 rings (SSSR count). The number of rotatable bonds is 3. The van der Waals surface area contributed by atoms with Crippen LogP contribution in [0.25, 0.3) is 0 Å². The molecule has 1 amide bonds. The number of aryl methyl sites for hydroxylation is 4. The lowest BCUT2D eigenvalue weighted by Gasteiger charge is -2.15. The third kappa shape index (κ3) is 3.66. The molecule has 0 aromatic carbocycles. The van der Waals surface area contributed by atoms with Gasteiger partial charge in [0.1, 0.15) is 6.54 Å². The summed E-state index contributed by atoms with van der Waals surface area (Å²) in [6.07, 6.45) is 9.64. The van der Waals surface area contributed by atoms with Crippen molar-refractivity contribution in [2.45, 2.75) is 64.3 Å². The van der Waals surface area contributed by atoms with Crippen molar-refractivity contribution in [1.29, 1.82) is 0 Å². The van der Waals surface area contributed by atoms with Crippen molar-refractivity contribution in [2.24, 2.45) is 0 Å². The van der Waals surface area contributed by atoms with Crippen molar-refractivity contribution in [3.05, 3.63) is 38.2 Å². The van der Waals surface area contributed by atoms with Crippen molar-refractivity contribution in [3.8, 4) is 0 Å². The maximum Gasteiger partial charge on any atom is 0.267 e. The van der Waals surface area contributed by atoms with Gasteiger partial charge in [0, 0.05) is 10.9 Å². The van der Waals surface area contributed by atoms with Gasteiger partial charge in [-0.25, -0.2) is 9.67 Å². The molecule has 2 aromatic heterocycles. The Bertz CT molecular complexity index is 832. The van der Waals surface area contributed by atoms with Gasteiger partial charge >= 0.3 is 0 Å². The predicted molar refractivity (Wildman–Crippen MR) is 97.1 cm³/mol. The molecule has 2 aliphatic carbocycles. The summed E-state index contributed by atoms with van der Waals surface area (Å²) in [5.74, 6) is -0.241. The van der Waals surface area contributed by atoms with Gasteiger partial charge in [-0.05, 0) is 56.9 Å². The number of nitrogens with one attached hydrogen (secondary N) is 1. The van der Waals surface area contributed by atoms with E-state index in [0.717, 1.165) is 55.5 Å². The summed E-state index contributed by atoms with van der Waals surface area (Å²) >= 11 is 1.56. The maximum atomic E-state index is 12.3. The number of hydrogen-bond acceptors (Lipinski definition) is 5. The van der Waals surface area contributed by atoms with Crippen LogP contribution in [0.4, 0.5) is 5.13 Å². The highest BCUT2D eigenvalue weighted by Crippen LogP contribution is 2.28. The number of carbonyl (C=O) groups is 1. The molecule has 0 aliphatic heterocycles. The van der Waals surface area contributed by atoms with E-state index in [9.17, 15) is 9.59 Å². The SMILES string of the molecule is O=C(Cn1nc2c(cc1=O)CCCC2)Nc1nc2c(s1)CCCCC2. The first-order chi connectivity index (χ1) is 12.2. The standard InChI is InChI=1S/C18H22N4O2S/c23-16(20-18-19-14-8-2-1-3-9-15(14)25-18)11-22-17(24)10-12-6-4-5-7-13(12)21-22/h10H,1-9,11H2,(H,19,20,23). The molecule has 2 aromatic rings. The number of anilines is 1. The zero-order valence-corrected chi connectivity index (χ0v) is 15.0. The quantitative estimate of drug-likeness (QED) is 0.855. The van der Waals surface area contributed by atoms with E-state index in [-0.39, 0.29) is 18.0 Å².